The van der Waals surface area contributed by atoms with Gasteiger partial charge in [-0.05, 0) is 19.3 Å². The summed E-state index contributed by atoms with van der Waals surface area (Å²) in [7, 11) is 0. The smallest absolute Gasteiger partial charge is 0.317 e. The molecular weight excluding hydrogens is 397 g/mol. The van der Waals surface area contributed by atoms with Gasteiger partial charge in [-0.1, -0.05) is 35.4 Å². The summed E-state index contributed by atoms with van der Waals surface area (Å²) < 4.78 is 0.578. The molecule has 1 saturated heterocycles. The van der Waals surface area contributed by atoms with Crippen LogP contribution in [-0.2, 0) is 9.59 Å². The van der Waals surface area contributed by atoms with Crippen LogP contribution in [-0.4, -0.2) is 57.7 Å². The lowest BCUT2D eigenvalue weighted by molar-refractivity contribution is -0.136. The van der Waals surface area contributed by atoms with Crippen molar-refractivity contribution in [1.82, 2.24) is 15.1 Å². The standard InChI is InChI=1S/C15H22IN3O3/c16-12-7-10-18(11-12)15(22)17-8-3-1-2-4-9-19-13(20)5-6-14(19)21/h5-6,12H,1-4,7-11H2,(H,17,22). The molecule has 0 aromatic heterocycles. The molecule has 2 heterocycles. The summed E-state index contributed by atoms with van der Waals surface area (Å²) >= 11 is 2.38. The van der Waals surface area contributed by atoms with E-state index in [-0.39, 0.29) is 17.8 Å². The minimum absolute atomic E-state index is 0.0403. The molecule has 122 valence electrons. The number of halogens is 1. The Bertz CT molecular complexity index is 449. The van der Waals surface area contributed by atoms with E-state index in [4.69, 9.17) is 0 Å². The molecule has 0 aromatic carbocycles. The van der Waals surface area contributed by atoms with Gasteiger partial charge < -0.3 is 10.2 Å². The van der Waals surface area contributed by atoms with Crippen LogP contribution in [0.1, 0.15) is 32.1 Å². The average Bonchev–Trinajstić information content (AvgIpc) is 3.06. The fraction of sp³-hybridized carbons (Fsp3) is 0.667. The first-order chi connectivity index (χ1) is 10.6. The van der Waals surface area contributed by atoms with Crippen LogP contribution in [0.2, 0.25) is 0 Å². The molecule has 6 nitrogen and oxygen atoms in total. The van der Waals surface area contributed by atoms with Crippen LogP contribution in [0.15, 0.2) is 12.2 Å². The van der Waals surface area contributed by atoms with Crippen LogP contribution >= 0.6 is 22.6 Å². The lowest BCUT2D eigenvalue weighted by Gasteiger charge is -2.16. The molecule has 7 heteroatoms. The normalized spacial score (nSPS) is 21.0. The number of rotatable bonds is 7. The van der Waals surface area contributed by atoms with Crippen molar-refractivity contribution in [2.75, 3.05) is 26.2 Å². The van der Waals surface area contributed by atoms with E-state index < -0.39 is 0 Å². The Labute approximate surface area is 144 Å². The first kappa shape index (κ1) is 17.2. The maximum atomic E-state index is 11.8. The van der Waals surface area contributed by atoms with E-state index in [0.717, 1.165) is 45.2 Å². The molecule has 0 aliphatic carbocycles. The second-order valence-electron chi connectivity index (χ2n) is 5.64. The van der Waals surface area contributed by atoms with Gasteiger partial charge in [-0.3, -0.25) is 14.5 Å². The molecule has 1 atom stereocenters. The Hall–Kier alpha value is -1.12. The van der Waals surface area contributed by atoms with Crippen LogP contribution in [0, 0.1) is 0 Å². The van der Waals surface area contributed by atoms with Gasteiger partial charge in [0.25, 0.3) is 11.8 Å². The SMILES string of the molecule is O=C(NCCCCCCN1C(=O)C=CC1=O)N1CCC(I)C1. The number of carbonyl (C=O) groups is 3. The van der Waals surface area contributed by atoms with Crippen molar-refractivity contribution in [2.24, 2.45) is 0 Å². The molecule has 1 N–H and O–H groups in total. The predicted octanol–water partition coefficient (Wildman–Crippen LogP) is 1.69. The Balaban J connectivity index is 1.47. The van der Waals surface area contributed by atoms with E-state index >= 15 is 0 Å². The van der Waals surface area contributed by atoms with Gasteiger partial charge in [-0.15, -0.1) is 0 Å². The van der Waals surface area contributed by atoms with E-state index in [9.17, 15) is 14.4 Å². The number of carbonyl (C=O) groups excluding carboxylic acids is 3. The molecule has 22 heavy (non-hydrogen) atoms. The highest BCUT2D eigenvalue weighted by Crippen LogP contribution is 2.16. The Kier molecular flexibility index (Phi) is 6.66. The number of likely N-dealkylation sites (tertiary alicyclic amines) is 1. The van der Waals surface area contributed by atoms with Crippen LogP contribution in [0.5, 0.6) is 0 Å². The summed E-state index contributed by atoms with van der Waals surface area (Å²) in [6.45, 7) is 2.87. The number of hydrogen-bond donors (Lipinski definition) is 1. The average molecular weight is 419 g/mol. The summed E-state index contributed by atoms with van der Waals surface area (Å²) in [5.41, 5.74) is 0. The van der Waals surface area contributed by atoms with E-state index in [1.807, 2.05) is 4.90 Å². The number of imide groups is 1. The highest BCUT2D eigenvalue weighted by Gasteiger charge is 2.24. The summed E-state index contributed by atoms with van der Waals surface area (Å²) in [5.74, 6) is -0.423. The second kappa shape index (κ2) is 8.50. The highest BCUT2D eigenvalue weighted by molar-refractivity contribution is 14.1. The zero-order valence-corrected chi connectivity index (χ0v) is 14.8. The zero-order valence-electron chi connectivity index (χ0n) is 12.6. The number of alkyl halides is 1. The first-order valence-electron chi connectivity index (χ1n) is 7.78. The summed E-state index contributed by atoms with van der Waals surface area (Å²) in [4.78, 5) is 37.7. The van der Waals surface area contributed by atoms with E-state index in [1.54, 1.807) is 0 Å². The van der Waals surface area contributed by atoms with Gasteiger partial charge >= 0.3 is 6.03 Å². The monoisotopic (exact) mass is 419 g/mol. The minimum Gasteiger partial charge on any atom is -0.338 e. The van der Waals surface area contributed by atoms with Crippen molar-refractivity contribution in [1.29, 1.82) is 0 Å². The molecule has 2 rings (SSSR count). The predicted molar refractivity (Wildman–Crippen MR) is 91.7 cm³/mol. The van der Waals surface area contributed by atoms with Crippen molar-refractivity contribution in [2.45, 2.75) is 36.0 Å². The van der Waals surface area contributed by atoms with Crippen LogP contribution in [0.25, 0.3) is 0 Å². The van der Waals surface area contributed by atoms with Crippen molar-refractivity contribution in [3.8, 4) is 0 Å². The molecule has 0 radical (unpaired) electrons. The quantitative estimate of drug-likeness (QED) is 0.296. The lowest BCUT2D eigenvalue weighted by Crippen LogP contribution is -2.38. The topological polar surface area (TPSA) is 69.7 Å². The van der Waals surface area contributed by atoms with Crippen molar-refractivity contribution in [3.05, 3.63) is 12.2 Å². The summed E-state index contributed by atoms with van der Waals surface area (Å²) in [6.07, 6.45) is 7.39. The molecule has 2 aliphatic rings. The van der Waals surface area contributed by atoms with Gasteiger partial charge in [0.2, 0.25) is 0 Å². The number of nitrogens with zero attached hydrogens (tertiary/aromatic N) is 2. The van der Waals surface area contributed by atoms with E-state index in [1.165, 1.54) is 17.1 Å². The molecular formula is C15H22IN3O3. The van der Waals surface area contributed by atoms with E-state index in [2.05, 4.69) is 27.9 Å². The number of nitrogens with one attached hydrogen (secondary N) is 1. The van der Waals surface area contributed by atoms with Gasteiger partial charge in [0.1, 0.15) is 0 Å². The van der Waals surface area contributed by atoms with Crippen LogP contribution in [0.3, 0.4) is 0 Å². The molecule has 0 spiro atoms. The van der Waals surface area contributed by atoms with Crippen LogP contribution < -0.4 is 5.32 Å². The zero-order chi connectivity index (χ0) is 15.9. The Morgan fingerprint density at radius 2 is 1.86 bits per heavy atom. The summed E-state index contributed by atoms with van der Waals surface area (Å²) in [6, 6.07) is 0.0403. The molecule has 0 bridgehead atoms. The minimum atomic E-state index is -0.212. The number of amides is 4. The molecule has 1 unspecified atom stereocenters. The second-order valence-corrected chi connectivity index (χ2v) is 7.40. The Morgan fingerprint density at radius 3 is 2.50 bits per heavy atom. The third-order valence-corrected chi connectivity index (χ3v) is 4.92. The first-order valence-corrected chi connectivity index (χ1v) is 9.03. The fourth-order valence-electron chi connectivity index (χ4n) is 2.61. The van der Waals surface area contributed by atoms with Gasteiger partial charge in [0.05, 0.1) is 0 Å². The molecule has 0 saturated carbocycles. The van der Waals surface area contributed by atoms with Crippen molar-refractivity contribution >= 4 is 40.4 Å². The van der Waals surface area contributed by atoms with Gasteiger partial charge in [0.15, 0.2) is 0 Å². The van der Waals surface area contributed by atoms with Gasteiger partial charge in [0, 0.05) is 42.3 Å². The third-order valence-electron chi connectivity index (χ3n) is 3.90. The highest BCUT2D eigenvalue weighted by atomic mass is 127. The maximum absolute atomic E-state index is 11.8. The summed E-state index contributed by atoms with van der Waals surface area (Å²) in [5, 5.41) is 2.95. The largest absolute Gasteiger partial charge is 0.338 e. The lowest BCUT2D eigenvalue weighted by atomic mass is 10.2. The number of unbranched alkanes of at least 4 members (excludes halogenated alkanes) is 3. The Morgan fingerprint density at radius 1 is 1.18 bits per heavy atom. The fourth-order valence-corrected chi connectivity index (χ4v) is 3.36. The number of urea groups is 1. The molecule has 0 aromatic rings. The van der Waals surface area contributed by atoms with E-state index in [0.29, 0.717) is 17.0 Å². The number of hydrogen-bond acceptors (Lipinski definition) is 3. The third kappa shape index (κ3) is 4.96. The van der Waals surface area contributed by atoms with Gasteiger partial charge in [-0.25, -0.2) is 4.79 Å². The maximum Gasteiger partial charge on any atom is 0.317 e. The molecule has 2 aliphatic heterocycles. The van der Waals surface area contributed by atoms with Crippen LogP contribution in [0.4, 0.5) is 4.79 Å². The molecule has 1 fully saturated rings. The van der Waals surface area contributed by atoms with Gasteiger partial charge in [-0.2, -0.15) is 0 Å². The van der Waals surface area contributed by atoms with Crippen molar-refractivity contribution < 1.29 is 14.4 Å². The molecule has 4 amide bonds. The van der Waals surface area contributed by atoms with Crippen molar-refractivity contribution in [3.63, 3.8) is 0 Å².